The number of nitrogens with one attached hydrogen (secondary N) is 1. The van der Waals surface area contributed by atoms with Crippen LogP contribution < -0.4 is 5.32 Å². The molecule has 0 spiro atoms. The van der Waals surface area contributed by atoms with E-state index in [1.54, 1.807) is 4.68 Å². The molecule has 5 aromatic rings. The molecule has 3 aliphatic rings. The van der Waals surface area contributed by atoms with Gasteiger partial charge in [-0.15, -0.1) is 5.10 Å². The minimum Gasteiger partial charge on any atom is -0.317 e. The maximum Gasteiger partial charge on any atom is 0.137 e. The molecule has 0 atom stereocenters. The lowest BCUT2D eigenvalue weighted by molar-refractivity contribution is -0.209. The molecular weight excluding hydrogens is 467 g/mol. The molecule has 3 fully saturated rings. The van der Waals surface area contributed by atoms with Crippen LogP contribution >= 0.6 is 0 Å². The Labute approximate surface area is 214 Å². The Bertz CT molecular complexity index is 1590. The summed E-state index contributed by atoms with van der Waals surface area (Å²) in [7, 11) is 0. The molecular formula is C28H29FN8. The first-order valence-electron chi connectivity index (χ1n) is 12.7. The molecule has 0 saturated heterocycles. The molecule has 5 heterocycles. The van der Waals surface area contributed by atoms with E-state index in [0.29, 0.717) is 6.54 Å². The number of aromatic nitrogens is 7. The summed E-state index contributed by atoms with van der Waals surface area (Å²) in [5.41, 5.74) is 7.40. The fourth-order valence-corrected chi connectivity index (χ4v) is 6.23. The van der Waals surface area contributed by atoms with Crippen LogP contribution in [-0.2, 0) is 13.1 Å². The van der Waals surface area contributed by atoms with Crippen LogP contribution in [0.2, 0.25) is 0 Å². The van der Waals surface area contributed by atoms with Crippen LogP contribution in [0.3, 0.4) is 0 Å². The summed E-state index contributed by atoms with van der Waals surface area (Å²) in [5, 5.41) is 12.2. The van der Waals surface area contributed by atoms with E-state index in [-0.39, 0.29) is 5.41 Å². The van der Waals surface area contributed by atoms with Gasteiger partial charge in [-0.1, -0.05) is 11.3 Å². The van der Waals surface area contributed by atoms with Gasteiger partial charge in [-0.3, -0.25) is 4.98 Å². The Balaban J connectivity index is 1.03. The molecule has 8 nitrogen and oxygen atoms in total. The van der Waals surface area contributed by atoms with Crippen LogP contribution in [0.15, 0.2) is 61.3 Å². The molecule has 9 heteroatoms. The molecule has 3 saturated carbocycles. The highest BCUT2D eigenvalue weighted by Crippen LogP contribution is 2.69. The third-order valence-electron chi connectivity index (χ3n) is 7.88. The molecule has 3 aliphatic carbocycles. The highest BCUT2D eigenvalue weighted by atomic mass is 19.1. The standard InChI is InChI=1S/C28H29FN8/c1-19-3-4-20(2)37(19)24-7-22(9-30-10-24)25-14-36(34-33-25)13-23-12-35-11-21(5-6-26(35)32-23)8-31-18-27-15-28(29,16-27)17-27/h3-7,9-12,14,31H,8,13,15-18H2,1-2H3. The fraction of sp³-hybridized carbons (Fsp3) is 0.357. The van der Waals surface area contributed by atoms with Crippen LogP contribution in [0.5, 0.6) is 0 Å². The number of alkyl halides is 1. The lowest BCUT2D eigenvalue weighted by Crippen LogP contribution is -2.67. The normalized spacial score (nSPS) is 22.2. The van der Waals surface area contributed by atoms with Crippen LogP contribution in [0.25, 0.3) is 22.6 Å². The van der Waals surface area contributed by atoms with E-state index in [1.807, 2.05) is 30.9 Å². The van der Waals surface area contributed by atoms with Gasteiger partial charge in [-0.05, 0) is 68.4 Å². The summed E-state index contributed by atoms with van der Waals surface area (Å²) in [4.78, 5) is 9.19. The number of aryl methyl sites for hydroxylation is 2. The van der Waals surface area contributed by atoms with E-state index in [9.17, 15) is 4.39 Å². The van der Waals surface area contributed by atoms with E-state index in [4.69, 9.17) is 4.98 Å². The van der Waals surface area contributed by atoms with Gasteiger partial charge in [0.2, 0.25) is 0 Å². The van der Waals surface area contributed by atoms with Gasteiger partial charge < -0.3 is 14.3 Å². The van der Waals surface area contributed by atoms with Crippen molar-refractivity contribution in [1.29, 1.82) is 0 Å². The molecule has 5 aromatic heterocycles. The molecule has 0 aromatic carbocycles. The van der Waals surface area contributed by atoms with E-state index in [1.165, 1.54) is 5.56 Å². The van der Waals surface area contributed by atoms with Crippen molar-refractivity contribution < 1.29 is 4.39 Å². The van der Waals surface area contributed by atoms with Crippen LogP contribution in [0.4, 0.5) is 4.39 Å². The first kappa shape index (κ1) is 22.4. The second-order valence-corrected chi connectivity index (χ2v) is 11.0. The predicted octanol–water partition coefficient (Wildman–Crippen LogP) is 4.43. The van der Waals surface area contributed by atoms with Crippen LogP contribution in [0, 0.1) is 19.3 Å². The van der Waals surface area contributed by atoms with Crippen LogP contribution in [-0.4, -0.2) is 46.1 Å². The number of imidazole rings is 1. The predicted molar refractivity (Wildman–Crippen MR) is 138 cm³/mol. The van der Waals surface area contributed by atoms with Gasteiger partial charge in [-0.25, -0.2) is 14.1 Å². The van der Waals surface area contributed by atoms with Gasteiger partial charge >= 0.3 is 0 Å². The van der Waals surface area contributed by atoms with Gasteiger partial charge in [-0.2, -0.15) is 0 Å². The summed E-state index contributed by atoms with van der Waals surface area (Å²) < 4.78 is 19.8. The molecule has 37 heavy (non-hydrogen) atoms. The minimum absolute atomic E-state index is 0.217. The van der Waals surface area contributed by atoms with Gasteiger partial charge in [0.25, 0.3) is 0 Å². The number of halogens is 1. The number of nitrogens with zero attached hydrogens (tertiary/aromatic N) is 7. The molecule has 1 N–H and O–H groups in total. The van der Waals surface area contributed by atoms with Crippen molar-refractivity contribution in [3.63, 3.8) is 0 Å². The molecule has 2 bridgehead atoms. The zero-order chi connectivity index (χ0) is 25.2. The third kappa shape index (κ3) is 3.94. The van der Waals surface area contributed by atoms with Gasteiger partial charge in [0.1, 0.15) is 17.0 Å². The van der Waals surface area contributed by atoms with Crippen LogP contribution in [0.1, 0.15) is 41.9 Å². The van der Waals surface area contributed by atoms with Gasteiger partial charge in [0, 0.05) is 48.6 Å². The summed E-state index contributed by atoms with van der Waals surface area (Å²) >= 11 is 0. The molecule has 0 amide bonds. The lowest BCUT2D eigenvalue weighted by Gasteiger charge is -2.66. The molecule has 0 unspecified atom stereocenters. The minimum atomic E-state index is -0.833. The lowest BCUT2D eigenvalue weighted by atomic mass is 9.42. The van der Waals surface area contributed by atoms with Gasteiger partial charge in [0.15, 0.2) is 0 Å². The van der Waals surface area contributed by atoms with Crippen molar-refractivity contribution in [2.24, 2.45) is 5.41 Å². The smallest absolute Gasteiger partial charge is 0.137 e. The highest BCUT2D eigenvalue weighted by Gasteiger charge is 2.68. The Hall–Kier alpha value is -3.85. The van der Waals surface area contributed by atoms with E-state index in [0.717, 1.165) is 72.0 Å². The number of rotatable bonds is 8. The molecule has 0 radical (unpaired) electrons. The number of hydrogen-bond acceptors (Lipinski definition) is 5. The summed E-state index contributed by atoms with van der Waals surface area (Å²) in [6.45, 7) is 6.36. The summed E-state index contributed by atoms with van der Waals surface area (Å²) in [5.74, 6) is 0. The summed E-state index contributed by atoms with van der Waals surface area (Å²) in [6, 6.07) is 10.4. The Kier molecular flexibility index (Phi) is 4.88. The number of hydrogen-bond donors (Lipinski definition) is 1. The van der Waals surface area contributed by atoms with Crippen molar-refractivity contribution in [3.8, 4) is 16.9 Å². The van der Waals surface area contributed by atoms with Gasteiger partial charge in [0.05, 0.1) is 30.3 Å². The first-order valence-corrected chi connectivity index (χ1v) is 12.7. The Morgan fingerprint density at radius 3 is 2.59 bits per heavy atom. The fourth-order valence-electron chi connectivity index (χ4n) is 6.23. The molecule has 0 aliphatic heterocycles. The van der Waals surface area contributed by atoms with Crippen molar-refractivity contribution in [2.45, 2.75) is 51.9 Å². The zero-order valence-corrected chi connectivity index (χ0v) is 21.0. The largest absolute Gasteiger partial charge is 0.317 e. The topological polar surface area (TPSA) is 77.9 Å². The quantitative estimate of drug-likeness (QED) is 0.344. The average molecular weight is 497 g/mol. The first-order chi connectivity index (χ1) is 17.9. The third-order valence-corrected chi connectivity index (χ3v) is 7.88. The van der Waals surface area contributed by atoms with Crippen molar-refractivity contribution in [1.82, 2.24) is 39.2 Å². The molecule has 8 rings (SSSR count). The van der Waals surface area contributed by atoms with E-state index >= 15 is 0 Å². The number of pyridine rings is 2. The second-order valence-electron chi connectivity index (χ2n) is 11.0. The zero-order valence-electron chi connectivity index (χ0n) is 21.0. The van der Waals surface area contributed by atoms with E-state index in [2.05, 4.69) is 73.9 Å². The maximum atomic E-state index is 13.7. The SMILES string of the molecule is Cc1ccc(C)n1-c1cncc(-c2cn(Cc3cn4cc(CNCC56CC(F)(C5)C6)ccc4n3)nn2)c1. The second kappa shape index (κ2) is 8.08. The average Bonchev–Trinajstić information content (AvgIpc) is 3.55. The van der Waals surface area contributed by atoms with Crippen molar-refractivity contribution in [2.75, 3.05) is 6.54 Å². The summed E-state index contributed by atoms with van der Waals surface area (Å²) in [6.07, 6.45) is 11.9. The Morgan fingerprint density at radius 1 is 1.00 bits per heavy atom. The monoisotopic (exact) mass is 496 g/mol. The van der Waals surface area contributed by atoms with E-state index < -0.39 is 5.67 Å². The van der Waals surface area contributed by atoms with Crippen molar-refractivity contribution >= 4 is 5.65 Å². The Morgan fingerprint density at radius 2 is 1.81 bits per heavy atom. The maximum absolute atomic E-state index is 13.7. The molecule has 188 valence electrons. The van der Waals surface area contributed by atoms with Crippen molar-refractivity contribution in [3.05, 3.63) is 84.0 Å². The highest BCUT2D eigenvalue weighted by molar-refractivity contribution is 5.60. The number of fused-ring (bicyclic) bond motifs is 1.